The molecular formula is C13H19N3O3. The van der Waals surface area contributed by atoms with Crippen LogP contribution in [0.15, 0.2) is 24.3 Å². The molecule has 3 N–H and O–H groups in total. The van der Waals surface area contributed by atoms with Crippen LogP contribution in [0.3, 0.4) is 0 Å². The van der Waals surface area contributed by atoms with Gasteiger partial charge in [-0.25, -0.2) is 0 Å². The molecule has 2 amide bonds. The second-order valence-corrected chi connectivity index (χ2v) is 3.93. The lowest BCUT2D eigenvalue weighted by atomic mass is 10.2. The molecule has 0 heterocycles. The van der Waals surface area contributed by atoms with E-state index in [4.69, 9.17) is 4.74 Å². The summed E-state index contributed by atoms with van der Waals surface area (Å²) in [4.78, 5) is 22.6. The van der Waals surface area contributed by atoms with Crippen LogP contribution in [0.5, 0.6) is 5.75 Å². The summed E-state index contributed by atoms with van der Waals surface area (Å²) in [5, 5.41) is 7.93. The van der Waals surface area contributed by atoms with Gasteiger partial charge in [0.05, 0.1) is 20.2 Å². The lowest BCUT2D eigenvalue weighted by Crippen LogP contribution is -2.39. The van der Waals surface area contributed by atoms with E-state index in [1.54, 1.807) is 14.2 Å². The molecule has 0 fully saturated rings. The Labute approximate surface area is 112 Å². The van der Waals surface area contributed by atoms with Gasteiger partial charge >= 0.3 is 0 Å². The summed E-state index contributed by atoms with van der Waals surface area (Å²) in [5.41, 5.74) is 0.968. The van der Waals surface area contributed by atoms with E-state index in [0.717, 1.165) is 11.3 Å². The van der Waals surface area contributed by atoms with Gasteiger partial charge in [0.2, 0.25) is 11.8 Å². The zero-order valence-corrected chi connectivity index (χ0v) is 11.2. The van der Waals surface area contributed by atoms with Crippen LogP contribution < -0.4 is 20.7 Å². The molecule has 0 aromatic heterocycles. The van der Waals surface area contributed by atoms with Gasteiger partial charge in [-0.3, -0.25) is 9.59 Å². The Morgan fingerprint density at radius 1 is 1.05 bits per heavy atom. The van der Waals surface area contributed by atoms with Gasteiger partial charge in [0.1, 0.15) is 5.75 Å². The molecule has 6 heteroatoms. The molecule has 0 spiro atoms. The number of hydrogen-bond acceptors (Lipinski definition) is 4. The fraction of sp³-hybridized carbons (Fsp3) is 0.385. The van der Waals surface area contributed by atoms with Crippen LogP contribution in [-0.2, 0) is 16.1 Å². The minimum Gasteiger partial charge on any atom is -0.497 e. The normalized spacial score (nSPS) is 9.79. The number of methoxy groups -OCH3 is 1. The summed E-state index contributed by atoms with van der Waals surface area (Å²) in [5.74, 6) is 0.344. The topological polar surface area (TPSA) is 79.5 Å². The molecule has 1 rings (SSSR count). The average molecular weight is 265 g/mol. The molecule has 1 aromatic carbocycles. The Kier molecular flexibility index (Phi) is 6.38. The molecule has 0 bridgehead atoms. The maximum absolute atomic E-state index is 11.5. The monoisotopic (exact) mass is 265 g/mol. The number of benzene rings is 1. The fourth-order valence-electron chi connectivity index (χ4n) is 1.41. The average Bonchev–Trinajstić information content (AvgIpc) is 2.44. The van der Waals surface area contributed by atoms with Crippen molar-refractivity contribution in [3.8, 4) is 5.75 Å². The minimum atomic E-state index is -0.222. The van der Waals surface area contributed by atoms with Crippen molar-refractivity contribution in [3.05, 3.63) is 29.8 Å². The van der Waals surface area contributed by atoms with Crippen LogP contribution in [0.4, 0.5) is 0 Å². The second kappa shape index (κ2) is 8.10. The standard InChI is InChI=1S/C13H19N3O3/c1-14-8-12(17)16-9-13(18)15-7-10-3-5-11(19-2)6-4-10/h3-6,14H,7-9H2,1-2H3,(H,15,18)(H,16,17). The predicted molar refractivity (Wildman–Crippen MR) is 71.8 cm³/mol. The van der Waals surface area contributed by atoms with Crippen molar-refractivity contribution in [2.24, 2.45) is 0 Å². The molecule has 0 aliphatic carbocycles. The third-order valence-corrected chi connectivity index (χ3v) is 2.43. The van der Waals surface area contributed by atoms with Gasteiger partial charge < -0.3 is 20.7 Å². The van der Waals surface area contributed by atoms with Gasteiger partial charge in [0, 0.05) is 6.54 Å². The van der Waals surface area contributed by atoms with Gasteiger partial charge in [-0.05, 0) is 24.7 Å². The second-order valence-electron chi connectivity index (χ2n) is 3.93. The van der Waals surface area contributed by atoms with Crippen LogP contribution in [0.25, 0.3) is 0 Å². The highest BCUT2D eigenvalue weighted by Gasteiger charge is 2.04. The zero-order chi connectivity index (χ0) is 14.1. The molecule has 0 aliphatic rings. The summed E-state index contributed by atoms with van der Waals surface area (Å²) in [6.45, 7) is 0.604. The summed E-state index contributed by atoms with van der Waals surface area (Å²) in [6, 6.07) is 7.41. The van der Waals surface area contributed by atoms with E-state index in [9.17, 15) is 9.59 Å². The number of ether oxygens (including phenoxy) is 1. The van der Waals surface area contributed by atoms with Crippen LogP contribution >= 0.6 is 0 Å². The zero-order valence-electron chi connectivity index (χ0n) is 11.2. The van der Waals surface area contributed by atoms with Crippen LogP contribution in [0.2, 0.25) is 0 Å². The smallest absolute Gasteiger partial charge is 0.239 e. The number of likely N-dealkylation sites (N-methyl/N-ethyl adjacent to an activating group) is 1. The minimum absolute atomic E-state index is 0.0172. The summed E-state index contributed by atoms with van der Waals surface area (Å²) >= 11 is 0. The molecular weight excluding hydrogens is 246 g/mol. The first-order valence-electron chi connectivity index (χ1n) is 5.96. The first-order chi connectivity index (χ1) is 9.15. The Morgan fingerprint density at radius 2 is 1.68 bits per heavy atom. The highest BCUT2D eigenvalue weighted by atomic mass is 16.5. The van der Waals surface area contributed by atoms with E-state index in [2.05, 4.69) is 16.0 Å². The van der Waals surface area contributed by atoms with Gasteiger partial charge in [0.25, 0.3) is 0 Å². The molecule has 0 saturated carbocycles. The Morgan fingerprint density at radius 3 is 2.26 bits per heavy atom. The number of amides is 2. The van der Waals surface area contributed by atoms with Crippen molar-refractivity contribution in [3.63, 3.8) is 0 Å². The van der Waals surface area contributed by atoms with Crippen molar-refractivity contribution in [1.29, 1.82) is 0 Å². The number of hydrogen-bond donors (Lipinski definition) is 3. The largest absolute Gasteiger partial charge is 0.497 e. The first kappa shape index (κ1) is 15.0. The third-order valence-electron chi connectivity index (χ3n) is 2.43. The van der Waals surface area contributed by atoms with Crippen molar-refractivity contribution in [1.82, 2.24) is 16.0 Å². The predicted octanol–water partition coefficient (Wildman–Crippen LogP) is -0.353. The number of nitrogens with one attached hydrogen (secondary N) is 3. The van der Waals surface area contributed by atoms with Crippen LogP contribution in [0.1, 0.15) is 5.56 Å². The highest BCUT2D eigenvalue weighted by Crippen LogP contribution is 2.10. The van der Waals surface area contributed by atoms with Gasteiger partial charge in [-0.1, -0.05) is 12.1 Å². The molecule has 0 aliphatic heterocycles. The number of carbonyl (C=O) groups is 2. The van der Waals surface area contributed by atoms with Crippen molar-refractivity contribution in [2.75, 3.05) is 27.2 Å². The van der Waals surface area contributed by atoms with E-state index in [-0.39, 0.29) is 24.9 Å². The third kappa shape index (κ3) is 5.87. The Balaban J connectivity index is 2.27. The molecule has 0 atom stereocenters. The maximum atomic E-state index is 11.5. The summed E-state index contributed by atoms with van der Waals surface area (Å²) in [6.07, 6.45) is 0. The molecule has 6 nitrogen and oxygen atoms in total. The first-order valence-corrected chi connectivity index (χ1v) is 5.96. The van der Waals surface area contributed by atoms with Crippen molar-refractivity contribution < 1.29 is 14.3 Å². The van der Waals surface area contributed by atoms with Crippen molar-refractivity contribution >= 4 is 11.8 Å². The molecule has 1 aromatic rings. The number of carbonyl (C=O) groups excluding carboxylic acids is 2. The van der Waals surface area contributed by atoms with E-state index >= 15 is 0 Å². The van der Waals surface area contributed by atoms with Crippen LogP contribution in [-0.4, -0.2) is 39.1 Å². The van der Waals surface area contributed by atoms with Crippen LogP contribution in [0, 0.1) is 0 Å². The molecule has 104 valence electrons. The van der Waals surface area contributed by atoms with Gasteiger partial charge in [0.15, 0.2) is 0 Å². The van der Waals surface area contributed by atoms with Gasteiger partial charge in [-0.2, -0.15) is 0 Å². The number of rotatable bonds is 7. The lowest BCUT2D eigenvalue weighted by Gasteiger charge is -2.07. The van der Waals surface area contributed by atoms with E-state index in [1.807, 2.05) is 24.3 Å². The molecule has 0 radical (unpaired) electrons. The van der Waals surface area contributed by atoms with Gasteiger partial charge in [-0.15, -0.1) is 0 Å². The van der Waals surface area contributed by atoms with Crippen molar-refractivity contribution in [2.45, 2.75) is 6.54 Å². The lowest BCUT2D eigenvalue weighted by molar-refractivity contribution is -0.125. The van der Waals surface area contributed by atoms with E-state index in [1.165, 1.54) is 0 Å². The highest BCUT2D eigenvalue weighted by molar-refractivity contribution is 5.85. The maximum Gasteiger partial charge on any atom is 0.239 e. The molecule has 19 heavy (non-hydrogen) atoms. The van der Waals surface area contributed by atoms with E-state index < -0.39 is 0 Å². The quantitative estimate of drug-likeness (QED) is 0.629. The SMILES string of the molecule is CNCC(=O)NCC(=O)NCc1ccc(OC)cc1. The summed E-state index contributed by atoms with van der Waals surface area (Å²) < 4.78 is 5.04. The Hall–Kier alpha value is -2.08. The summed E-state index contributed by atoms with van der Waals surface area (Å²) in [7, 11) is 3.27. The molecule has 0 unspecified atom stereocenters. The van der Waals surface area contributed by atoms with E-state index in [0.29, 0.717) is 6.54 Å². The Bertz CT molecular complexity index is 418. The fourth-order valence-corrected chi connectivity index (χ4v) is 1.41. The molecule has 0 saturated heterocycles.